The highest BCUT2D eigenvalue weighted by molar-refractivity contribution is 7.88. The average molecular weight is 402 g/mol. The topological polar surface area (TPSA) is 79.4 Å². The first-order valence-electron chi connectivity index (χ1n) is 8.60. The van der Waals surface area contributed by atoms with Gasteiger partial charge in [0, 0.05) is 24.4 Å². The zero-order valence-corrected chi connectivity index (χ0v) is 16.4. The number of hydrogen-bond acceptors (Lipinski definition) is 5. The summed E-state index contributed by atoms with van der Waals surface area (Å²) in [7, 11) is -3.22. The Morgan fingerprint density at radius 1 is 1.22 bits per heavy atom. The molecule has 0 atom stereocenters. The molecule has 0 unspecified atom stereocenters. The number of benzene rings is 2. The van der Waals surface area contributed by atoms with E-state index in [1.54, 1.807) is 0 Å². The number of carbonyl (C=O) groups excluding carboxylic acids is 1. The molecule has 0 bridgehead atoms. The number of amides is 1. The van der Waals surface area contributed by atoms with Crippen LogP contribution in [0.15, 0.2) is 42.5 Å². The second-order valence-electron chi connectivity index (χ2n) is 6.60. The summed E-state index contributed by atoms with van der Waals surface area (Å²) >= 11 is 1.35. The molecule has 0 saturated heterocycles. The molecule has 1 aromatic heterocycles. The standard InChI is InChI=1S/C19H19N3O3S2/c1-27(24,25)22-10-9-16-17(12-22)26-19(20-16)21-18(23)11-14-7-4-6-13-5-2-3-8-15(13)14/h2-8H,9-12H2,1H3,(H,20,21,23). The molecule has 0 saturated carbocycles. The van der Waals surface area contributed by atoms with E-state index in [1.807, 2.05) is 42.5 Å². The number of thiazole rings is 1. The van der Waals surface area contributed by atoms with Crippen LogP contribution < -0.4 is 5.32 Å². The Bertz CT molecular complexity index is 1120. The van der Waals surface area contributed by atoms with E-state index >= 15 is 0 Å². The van der Waals surface area contributed by atoms with Gasteiger partial charge in [-0.2, -0.15) is 4.31 Å². The maximum atomic E-state index is 12.5. The van der Waals surface area contributed by atoms with Gasteiger partial charge < -0.3 is 5.32 Å². The highest BCUT2D eigenvalue weighted by Crippen LogP contribution is 2.29. The average Bonchev–Trinajstić information content (AvgIpc) is 3.02. The zero-order chi connectivity index (χ0) is 19.0. The number of hydrogen-bond donors (Lipinski definition) is 1. The third kappa shape index (κ3) is 3.87. The van der Waals surface area contributed by atoms with Gasteiger partial charge >= 0.3 is 0 Å². The quantitative estimate of drug-likeness (QED) is 0.729. The number of nitrogens with zero attached hydrogens (tertiary/aromatic N) is 2. The van der Waals surface area contributed by atoms with Gasteiger partial charge in [-0.05, 0) is 16.3 Å². The van der Waals surface area contributed by atoms with Crippen molar-refractivity contribution in [3.05, 3.63) is 58.6 Å². The Labute approximate surface area is 161 Å². The van der Waals surface area contributed by atoms with E-state index in [1.165, 1.54) is 21.9 Å². The molecule has 0 fully saturated rings. The molecule has 27 heavy (non-hydrogen) atoms. The van der Waals surface area contributed by atoms with E-state index in [0.717, 1.165) is 26.9 Å². The van der Waals surface area contributed by atoms with Crippen LogP contribution in [0.4, 0.5) is 5.13 Å². The molecule has 1 amide bonds. The Morgan fingerprint density at radius 3 is 2.81 bits per heavy atom. The molecule has 8 heteroatoms. The summed E-state index contributed by atoms with van der Waals surface area (Å²) in [5, 5.41) is 5.57. The normalized spacial score (nSPS) is 14.9. The smallest absolute Gasteiger partial charge is 0.230 e. The number of fused-ring (bicyclic) bond motifs is 2. The summed E-state index contributed by atoms with van der Waals surface area (Å²) in [6, 6.07) is 13.9. The minimum Gasteiger partial charge on any atom is -0.302 e. The second kappa shape index (κ2) is 7.03. The zero-order valence-electron chi connectivity index (χ0n) is 14.8. The summed E-state index contributed by atoms with van der Waals surface area (Å²) in [6.07, 6.45) is 2.05. The highest BCUT2D eigenvalue weighted by atomic mass is 32.2. The first kappa shape index (κ1) is 18.1. The number of nitrogens with one attached hydrogen (secondary N) is 1. The van der Waals surface area contributed by atoms with Crippen molar-refractivity contribution >= 4 is 43.2 Å². The Morgan fingerprint density at radius 2 is 2.00 bits per heavy atom. The van der Waals surface area contributed by atoms with Crippen molar-refractivity contribution in [2.24, 2.45) is 0 Å². The van der Waals surface area contributed by atoms with Gasteiger partial charge in [-0.3, -0.25) is 4.79 Å². The molecule has 4 rings (SSSR count). The van der Waals surface area contributed by atoms with Crippen molar-refractivity contribution < 1.29 is 13.2 Å². The van der Waals surface area contributed by atoms with Crippen LogP contribution in [0.5, 0.6) is 0 Å². The van der Waals surface area contributed by atoms with Crippen molar-refractivity contribution in [3.8, 4) is 0 Å². The number of rotatable bonds is 4. The molecule has 1 aliphatic heterocycles. The van der Waals surface area contributed by atoms with Crippen molar-refractivity contribution in [1.29, 1.82) is 0 Å². The maximum absolute atomic E-state index is 12.5. The molecule has 6 nitrogen and oxygen atoms in total. The minimum absolute atomic E-state index is 0.127. The number of carbonyl (C=O) groups is 1. The lowest BCUT2D eigenvalue weighted by atomic mass is 10.0. The van der Waals surface area contributed by atoms with E-state index in [2.05, 4.69) is 10.3 Å². The predicted octanol–water partition coefficient (Wildman–Crippen LogP) is 2.80. The van der Waals surface area contributed by atoms with E-state index in [9.17, 15) is 13.2 Å². The molecule has 0 radical (unpaired) electrons. The van der Waals surface area contributed by atoms with Gasteiger partial charge in [-0.1, -0.05) is 42.5 Å². The molecule has 140 valence electrons. The van der Waals surface area contributed by atoms with Crippen molar-refractivity contribution in [1.82, 2.24) is 9.29 Å². The summed E-state index contributed by atoms with van der Waals surface area (Å²) < 4.78 is 24.9. The van der Waals surface area contributed by atoms with E-state index in [-0.39, 0.29) is 12.3 Å². The van der Waals surface area contributed by atoms with Crippen LogP contribution in [-0.2, 0) is 34.2 Å². The molecule has 0 spiro atoms. The summed E-state index contributed by atoms with van der Waals surface area (Å²) in [6.45, 7) is 0.754. The molecular formula is C19H19N3O3S2. The lowest BCUT2D eigenvalue weighted by Crippen LogP contribution is -2.34. The van der Waals surface area contributed by atoms with Crippen LogP contribution in [0.2, 0.25) is 0 Å². The molecular weight excluding hydrogens is 382 g/mol. The van der Waals surface area contributed by atoms with E-state index in [4.69, 9.17) is 0 Å². The first-order chi connectivity index (χ1) is 12.9. The maximum Gasteiger partial charge on any atom is 0.230 e. The van der Waals surface area contributed by atoms with Crippen molar-refractivity contribution in [2.45, 2.75) is 19.4 Å². The number of aromatic nitrogens is 1. The molecule has 0 aliphatic carbocycles. The predicted molar refractivity (Wildman–Crippen MR) is 107 cm³/mol. The summed E-state index contributed by atoms with van der Waals surface area (Å²) in [5.74, 6) is -0.127. The summed E-state index contributed by atoms with van der Waals surface area (Å²) in [4.78, 5) is 17.9. The SMILES string of the molecule is CS(=O)(=O)N1CCc2nc(NC(=O)Cc3cccc4ccccc34)sc2C1. The van der Waals surface area contributed by atoms with Gasteiger partial charge in [-0.25, -0.2) is 13.4 Å². The van der Waals surface area contributed by atoms with E-state index in [0.29, 0.717) is 24.6 Å². The van der Waals surface area contributed by atoms with Crippen LogP contribution in [0.3, 0.4) is 0 Å². The Balaban J connectivity index is 1.49. The number of sulfonamides is 1. The Hall–Kier alpha value is -2.29. The Kier molecular flexibility index (Phi) is 4.71. The lowest BCUT2D eigenvalue weighted by Gasteiger charge is -2.23. The van der Waals surface area contributed by atoms with Crippen LogP contribution in [0.1, 0.15) is 16.1 Å². The molecule has 3 aromatic rings. The van der Waals surface area contributed by atoms with Crippen LogP contribution in [-0.4, -0.2) is 36.4 Å². The molecule has 1 aliphatic rings. The fraction of sp³-hybridized carbons (Fsp3) is 0.263. The fourth-order valence-electron chi connectivity index (χ4n) is 3.29. The van der Waals surface area contributed by atoms with Gasteiger partial charge in [0.15, 0.2) is 5.13 Å². The highest BCUT2D eigenvalue weighted by Gasteiger charge is 2.26. The van der Waals surface area contributed by atoms with Gasteiger partial charge in [-0.15, -0.1) is 11.3 Å². The fourth-order valence-corrected chi connectivity index (χ4v) is 5.20. The second-order valence-corrected chi connectivity index (χ2v) is 9.66. The monoisotopic (exact) mass is 401 g/mol. The largest absolute Gasteiger partial charge is 0.302 e. The van der Waals surface area contributed by atoms with Gasteiger partial charge in [0.1, 0.15) is 0 Å². The minimum atomic E-state index is -3.22. The molecule has 1 N–H and O–H groups in total. The van der Waals surface area contributed by atoms with Crippen LogP contribution >= 0.6 is 11.3 Å². The van der Waals surface area contributed by atoms with Crippen LogP contribution in [0.25, 0.3) is 10.8 Å². The van der Waals surface area contributed by atoms with Gasteiger partial charge in [0.2, 0.25) is 15.9 Å². The third-order valence-corrected chi connectivity index (χ3v) is 6.89. The van der Waals surface area contributed by atoms with E-state index < -0.39 is 10.0 Å². The van der Waals surface area contributed by atoms with Crippen molar-refractivity contribution in [2.75, 3.05) is 18.1 Å². The summed E-state index contributed by atoms with van der Waals surface area (Å²) in [5.41, 5.74) is 1.84. The molecule has 2 heterocycles. The third-order valence-electron chi connectivity index (χ3n) is 4.64. The lowest BCUT2D eigenvalue weighted by molar-refractivity contribution is -0.115. The first-order valence-corrected chi connectivity index (χ1v) is 11.3. The van der Waals surface area contributed by atoms with Crippen LogP contribution in [0, 0.1) is 0 Å². The number of anilines is 1. The molecule has 2 aromatic carbocycles. The van der Waals surface area contributed by atoms with Crippen molar-refractivity contribution in [3.63, 3.8) is 0 Å². The van der Waals surface area contributed by atoms with Gasteiger partial charge in [0.25, 0.3) is 0 Å². The van der Waals surface area contributed by atoms with Gasteiger partial charge in [0.05, 0.1) is 18.4 Å².